The molecule has 0 spiro atoms. The normalized spacial score (nSPS) is 26.3. The van der Waals surface area contributed by atoms with Gasteiger partial charge >= 0.3 is 0 Å². The molecule has 2 fully saturated rings. The van der Waals surface area contributed by atoms with E-state index in [9.17, 15) is 18.3 Å². The maximum absolute atomic E-state index is 13.0. The molecular weight excluding hydrogens is 406 g/mol. The molecule has 1 aliphatic carbocycles. The van der Waals surface area contributed by atoms with Crippen LogP contribution in [-0.4, -0.2) is 63.9 Å². The van der Waals surface area contributed by atoms with Gasteiger partial charge in [-0.3, -0.25) is 9.36 Å². The molecule has 164 valence electrons. The number of hydrogen-bond acceptors (Lipinski definition) is 7. The molecule has 10 heteroatoms. The number of nitrogens with zero attached hydrogens (tertiary/aromatic N) is 4. The van der Waals surface area contributed by atoms with Gasteiger partial charge in [-0.15, -0.1) is 0 Å². The van der Waals surface area contributed by atoms with E-state index in [2.05, 4.69) is 22.2 Å². The molecule has 2 aromatic heterocycles. The summed E-state index contributed by atoms with van der Waals surface area (Å²) in [6.07, 6.45) is 5.08. The standard InChI is InChI=1S/C20H29N5O4S/c1-12-9-16(26)10-17(12)25-18-14(8-13(2)19(25)27)11-21-20(23-18)22-15-4-6-24(7-5-15)30(3,28)29/h8,11-12,15-17,26H,4-7,9-10H2,1-3H3,(H,21,22,23). The van der Waals surface area contributed by atoms with Gasteiger partial charge in [-0.2, -0.15) is 4.98 Å². The van der Waals surface area contributed by atoms with Crippen LogP contribution in [0, 0.1) is 12.8 Å². The molecule has 2 aliphatic rings. The van der Waals surface area contributed by atoms with Crippen LogP contribution in [0.2, 0.25) is 0 Å². The van der Waals surface area contributed by atoms with Crippen molar-refractivity contribution in [2.45, 2.75) is 57.7 Å². The summed E-state index contributed by atoms with van der Waals surface area (Å²) in [5, 5.41) is 14.2. The maximum atomic E-state index is 13.0. The second kappa shape index (κ2) is 7.90. The van der Waals surface area contributed by atoms with Crippen molar-refractivity contribution in [3.8, 4) is 0 Å². The van der Waals surface area contributed by atoms with Gasteiger partial charge in [0.25, 0.3) is 5.56 Å². The van der Waals surface area contributed by atoms with Gasteiger partial charge < -0.3 is 10.4 Å². The molecular formula is C20H29N5O4S. The Morgan fingerprint density at radius 1 is 1.23 bits per heavy atom. The highest BCUT2D eigenvalue weighted by Crippen LogP contribution is 2.36. The van der Waals surface area contributed by atoms with Crippen molar-refractivity contribution < 1.29 is 13.5 Å². The number of anilines is 1. The highest BCUT2D eigenvalue weighted by molar-refractivity contribution is 7.88. The minimum Gasteiger partial charge on any atom is -0.393 e. The molecule has 9 nitrogen and oxygen atoms in total. The van der Waals surface area contributed by atoms with Gasteiger partial charge in [0.05, 0.1) is 12.4 Å². The van der Waals surface area contributed by atoms with Crippen LogP contribution in [0.5, 0.6) is 0 Å². The molecule has 4 rings (SSSR count). The molecule has 0 radical (unpaired) electrons. The smallest absolute Gasteiger partial charge is 0.255 e. The largest absolute Gasteiger partial charge is 0.393 e. The summed E-state index contributed by atoms with van der Waals surface area (Å²) in [6.45, 7) is 4.77. The van der Waals surface area contributed by atoms with Gasteiger partial charge in [0.15, 0.2) is 0 Å². The monoisotopic (exact) mass is 435 g/mol. The zero-order chi connectivity index (χ0) is 21.6. The SMILES string of the molecule is Cc1cc2cnc(NC3CCN(S(C)(=O)=O)CC3)nc2n(C2CC(O)CC2C)c1=O. The Morgan fingerprint density at radius 3 is 2.53 bits per heavy atom. The van der Waals surface area contributed by atoms with Crippen molar-refractivity contribution in [3.05, 3.63) is 28.2 Å². The average Bonchev–Trinajstić information content (AvgIpc) is 3.00. The van der Waals surface area contributed by atoms with Crippen LogP contribution in [0.1, 0.15) is 44.2 Å². The Balaban J connectivity index is 1.63. The lowest BCUT2D eigenvalue weighted by molar-refractivity contribution is 0.176. The van der Waals surface area contributed by atoms with Crippen LogP contribution in [0.3, 0.4) is 0 Å². The fourth-order valence-corrected chi connectivity index (χ4v) is 5.58. The number of pyridine rings is 1. The van der Waals surface area contributed by atoms with E-state index >= 15 is 0 Å². The van der Waals surface area contributed by atoms with Crippen molar-refractivity contribution in [1.29, 1.82) is 0 Å². The molecule has 2 aromatic rings. The molecule has 2 N–H and O–H groups in total. The van der Waals surface area contributed by atoms with Crippen molar-refractivity contribution in [2.24, 2.45) is 5.92 Å². The number of aliphatic hydroxyl groups is 1. The quantitative estimate of drug-likeness (QED) is 0.742. The molecule has 30 heavy (non-hydrogen) atoms. The topological polar surface area (TPSA) is 117 Å². The van der Waals surface area contributed by atoms with E-state index in [1.54, 1.807) is 23.8 Å². The van der Waals surface area contributed by atoms with Crippen molar-refractivity contribution >= 4 is 27.0 Å². The van der Waals surface area contributed by atoms with Gasteiger partial charge in [0.2, 0.25) is 16.0 Å². The Bertz CT molecular complexity index is 1110. The lowest BCUT2D eigenvalue weighted by Crippen LogP contribution is -2.42. The first-order valence-electron chi connectivity index (χ1n) is 10.4. The van der Waals surface area contributed by atoms with Crippen molar-refractivity contribution in [2.75, 3.05) is 24.7 Å². The number of aliphatic hydroxyl groups excluding tert-OH is 1. The molecule has 3 atom stereocenters. The van der Waals surface area contributed by atoms with Crippen molar-refractivity contribution in [1.82, 2.24) is 18.8 Å². The molecule has 3 unspecified atom stereocenters. The predicted molar refractivity (Wildman–Crippen MR) is 115 cm³/mol. The van der Waals surface area contributed by atoms with E-state index in [0.717, 1.165) is 5.39 Å². The summed E-state index contributed by atoms with van der Waals surface area (Å²) < 4.78 is 26.6. The van der Waals surface area contributed by atoms with E-state index in [1.165, 1.54) is 10.6 Å². The van der Waals surface area contributed by atoms with Crippen LogP contribution in [0.4, 0.5) is 5.95 Å². The number of hydrogen-bond donors (Lipinski definition) is 2. The van der Waals surface area contributed by atoms with E-state index < -0.39 is 16.1 Å². The molecule has 0 bridgehead atoms. The number of aryl methyl sites for hydroxylation is 1. The Kier molecular flexibility index (Phi) is 5.58. The zero-order valence-corrected chi connectivity index (χ0v) is 18.4. The van der Waals surface area contributed by atoms with Crippen LogP contribution in [0.25, 0.3) is 11.0 Å². The lowest BCUT2D eigenvalue weighted by Gasteiger charge is -2.30. The molecule has 1 saturated heterocycles. The Labute approximate surface area is 176 Å². The molecule has 1 aliphatic heterocycles. The summed E-state index contributed by atoms with van der Waals surface area (Å²) in [4.78, 5) is 22.1. The fraction of sp³-hybridized carbons (Fsp3) is 0.650. The molecule has 0 aromatic carbocycles. The van der Waals surface area contributed by atoms with E-state index in [1.807, 2.05) is 0 Å². The van der Waals surface area contributed by atoms with Crippen LogP contribution >= 0.6 is 0 Å². The number of rotatable bonds is 4. The maximum Gasteiger partial charge on any atom is 0.255 e. The van der Waals surface area contributed by atoms with Crippen molar-refractivity contribution in [3.63, 3.8) is 0 Å². The highest BCUT2D eigenvalue weighted by atomic mass is 32.2. The minimum atomic E-state index is -3.17. The van der Waals surface area contributed by atoms with Gasteiger partial charge in [-0.1, -0.05) is 6.92 Å². The van der Waals surface area contributed by atoms with E-state index in [-0.39, 0.29) is 23.6 Å². The summed E-state index contributed by atoms with van der Waals surface area (Å²) in [5.41, 5.74) is 1.12. The predicted octanol–water partition coefficient (Wildman–Crippen LogP) is 1.27. The average molecular weight is 436 g/mol. The molecule has 0 amide bonds. The van der Waals surface area contributed by atoms with E-state index in [0.29, 0.717) is 55.9 Å². The number of sulfonamides is 1. The second-order valence-corrected chi connectivity index (χ2v) is 10.7. The molecule has 3 heterocycles. The van der Waals surface area contributed by atoms with Gasteiger partial charge in [-0.25, -0.2) is 17.7 Å². The second-order valence-electron chi connectivity index (χ2n) is 8.73. The summed E-state index contributed by atoms with van der Waals surface area (Å²) in [5.74, 6) is 0.609. The fourth-order valence-electron chi connectivity index (χ4n) is 4.70. The lowest BCUT2D eigenvalue weighted by atomic mass is 10.1. The minimum absolute atomic E-state index is 0.0679. The number of fused-ring (bicyclic) bond motifs is 1. The Morgan fingerprint density at radius 2 is 1.93 bits per heavy atom. The van der Waals surface area contributed by atoms with Crippen LogP contribution < -0.4 is 10.9 Å². The van der Waals surface area contributed by atoms with Crippen LogP contribution in [0.15, 0.2) is 17.1 Å². The third kappa shape index (κ3) is 4.08. The first-order chi connectivity index (χ1) is 14.1. The summed E-state index contributed by atoms with van der Waals surface area (Å²) in [6, 6.07) is 1.77. The number of nitrogens with one attached hydrogen (secondary N) is 1. The Hall–Kier alpha value is -2.04. The molecule has 1 saturated carbocycles. The van der Waals surface area contributed by atoms with Gasteiger partial charge in [0.1, 0.15) is 5.65 Å². The first kappa shape index (κ1) is 21.2. The van der Waals surface area contributed by atoms with Gasteiger partial charge in [0, 0.05) is 42.3 Å². The third-order valence-corrected chi connectivity index (χ3v) is 7.66. The van der Waals surface area contributed by atoms with Gasteiger partial charge in [-0.05, 0) is 44.6 Å². The number of piperidine rings is 1. The zero-order valence-electron chi connectivity index (χ0n) is 17.6. The third-order valence-electron chi connectivity index (χ3n) is 6.35. The summed E-state index contributed by atoms with van der Waals surface area (Å²) >= 11 is 0. The summed E-state index contributed by atoms with van der Waals surface area (Å²) in [7, 11) is -3.17. The van der Waals surface area contributed by atoms with E-state index in [4.69, 9.17) is 0 Å². The highest BCUT2D eigenvalue weighted by Gasteiger charge is 2.33. The first-order valence-corrected chi connectivity index (χ1v) is 12.3. The number of aromatic nitrogens is 3. The van der Waals surface area contributed by atoms with Crippen LogP contribution in [-0.2, 0) is 10.0 Å².